The Morgan fingerprint density at radius 2 is 2.07 bits per heavy atom. The zero-order valence-electron chi connectivity index (χ0n) is 9.79. The molecule has 0 radical (unpaired) electrons. The number of nitrogens with zero attached hydrogens (tertiary/aromatic N) is 1. The quantitative estimate of drug-likeness (QED) is 0.735. The fourth-order valence-corrected chi connectivity index (χ4v) is 1.60. The Morgan fingerprint density at radius 1 is 1.47 bits per heavy atom. The molecule has 1 saturated heterocycles. The number of ether oxygens (including phenoxy) is 1. The lowest BCUT2D eigenvalue weighted by atomic mass is 10.0. The van der Waals surface area contributed by atoms with E-state index in [2.05, 4.69) is 0 Å². The summed E-state index contributed by atoms with van der Waals surface area (Å²) in [6.45, 7) is 6.36. The van der Waals surface area contributed by atoms with Gasteiger partial charge in [0.15, 0.2) is 0 Å². The molecule has 1 heterocycles. The minimum atomic E-state index is -0.352. The second kappa shape index (κ2) is 5.47. The molecule has 0 bridgehead atoms. The van der Waals surface area contributed by atoms with Gasteiger partial charge in [0.25, 0.3) is 0 Å². The number of amides is 1. The molecule has 1 fully saturated rings. The van der Waals surface area contributed by atoms with Crippen molar-refractivity contribution in [1.82, 2.24) is 4.90 Å². The molecule has 15 heavy (non-hydrogen) atoms. The number of likely N-dealkylation sites (tertiary alicyclic amines) is 1. The third-order valence-electron chi connectivity index (χ3n) is 3.18. The van der Waals surface area contributed by atoms with E-state index >= 15 is 0 Å². The van der Waals surface area contributed by atoms with Crippen LogP contribution in [0.3, 0.4) is 0 Å². The largest absolute Gasteiger partial charge is 0.364 e. The van der Waals surface area contributed by atoms with Gasteiger partial charge < -0.3 is 15.4 Å². The molecule has 0 aromatic heterocycles. The highest BCUT2D eigenvalue weighted by Gasteiger charge is 2.24. The Hall–Kier alpha value is -0.610. The normalized spacial score (nSPS) is 20.3. The summed E-state index contributed by atoms with van der Waals surface area (Å²) in [7, 11) is 0. The first kappa shape index (κ1) is 12.5. The van der Waals surface area contributed by atoms with Gasteiger partial charge in [-0.1, -0.05) is 6.92 Å². The summed E-state index contributed by atoms with van der Waals surface area (Å²) in [5.74, 6) is 0.0978. The van der Waals surface area contributed by atoms with Crippen LogP contribution in [0.2, 0.25) is 0 Å². The first-order chi connectivity index (χ1) is 7.11. The summed E-state index contributed by atoms with van der Waals surface area (Å²) in [6, 6.07) is 0. The predicted octanol–water partition coefficient (Wildman–Crippen LogP) is 0.753. The highest BCUT2D eigenvalue weighted by molar-refractivity contribution is 5.77. The molecule has 1 aliphatic rings. The number of hydrogen-bond acceptors (Lipinski definition) is 3. The minimum Gasteiger partial charge on any atom is -0.364 e. The van der Waals surface area contributed by atoms with Crippen molar-refractivity contribution in [2.75, 3.05) is 26.2 Å². The lowest BCUT2D eigenvalue weighted by Gasteiger charge is -2.27. The van der Waals surface area contributed by atoms with Gasteiger partial charge in [-0.2, -0.15) is 0 Å². The highest BCUT2D eigenvalue weighted by atomic mass is 16.5. The summed E-state index contributed by atoms with van der Waals surface area (Å²) in [6.07, 6.45) is 3.07. The van der Waals surface area contributed by atoms with Crippen molar-refractivity contribution in [2.45, 2.75) is 38.7 Å². The Labute approximate surface area is 91.8 Å². The van der Waals surface area contributed by atoms with E-state index in [0.717, 1.165) is 32.4 Å². The molecular formula is C11H22N2O2. The Balaban J connectivity index is 2.32. The number of hydrogen-bond donors (Lipinski definition) is 1. The topological polar surface area (TPSA) is 55.6 Å². The zero-order chi connectivity index (χ0) is 11.3. The zero-order valence-corrected chi connectivity index (χ0v) is 9.79. The summed E-state index contributed by atoms with van der Waals surface area (Å²) >= 11 is 0. The van der Waals surface area contributed by atoms with Crippen LogP contribution in [-0.4, -0.2) is 42.6 Å². The molecule has 1 unspecified atom stereocenters. The smallest absolute Gasteiger partial charge is 0.248 e. The van der Waals surface area contributed by atoms with Crippen molar-refractivity contribution in [3.8, 4) is 0 Å². The van der Waals surface area contributed by atoms with E-state index in [9.17, 15) is 4.79 Å². The van der Waals surface area contributed by atoms with Gasteiger partial charge >= 0.3 is 0 Å². The molecule has 1 atom stereocenters. The second-order valence-electron chi connectivity index (χ2n) is 4.38. The van der Waals surface area contributed by atoms with E-state index in [4.69, 9.17) is 10.5 Å². The van der Waals surface area contributed by atoms with E-state index < -0.39 is 0 Å². The fourth-order valence-electron chi connectivity index (χ4n) is 1.60. The van der Waals surface area contributed by atoms with Gasteiger partial charge in [0, 0.05) is 19.6 Å². The van der Waals surface area contributed by atoms with Crippen LogP contribution in [0.1, 0.15) is 33.1 Å². The van der Waals surface area contributed by atoms with E-state index in [1.54, 1.807) is 0 Å². The molecule has 2 N–H and O–H groups in total. The maximum atomic E-state index is 11.7. The minimum absolute atomic E-state index is 0.0978. The Kier molecular flexibility index (Phi) is 4.54. The highest BCUT2D eigenvalue weighted by Crippen LogP contribution is 2.14. The molecule has 1 rings (SSSR count). The fraction of sp³-hybridized carbons (Fsp3) is 0.909. The van der Waals surface area contributed by atoms with Crippen LogP contribution in [0.15, 0.2) is 0 Å². The Bertz CT molecular complexity index is 209. The van der Waals surface area contributed by atoms with E-state index in [0.29, 0.717) is 6.54 Å². The van der Waals surface area contributed by atoms with Crippen LogP contribution < -0.4 is 5.73 Å². The van der Waals surface area contributed by atoms with Gasteiger partial charge in [-0.25, -0.2) is 0 Å². The van der Waals surface area contributed by atoms with Gasteiger partial charge in [0.2, 0.25) is 5.91 Å². The van der Waals surface area contributed by atoms with E-state index in [1.807, 2.05) is 18.7 Å². The van der Waals surface area contributed by atoms with Crippen molar-refractivity contribution in [1.29, 1.82) is 0 Å². The van der Waals surface area contributed by atoms with Gasteiger partial charge in [0.1, 0.15) is 6.61 Å². The summed E-state index contributed by atoms with van der Waals surface area (Å²) in [5.41, 5.74) is 5.26. The molecule has 1 aliphatic heterocycles. The van der Waals surface area contributed by atoms with Crippen LogP contribution in [0.25, 0.3) is 0 Å². The molecular weight excluding hydrogens is 192 g/mol. The summed E-state index contributed by atoms with van der Waals surface area (Å²) < 4.78 is 5.59. The van der Waals surface area contributed by atoms with Crippen molar-refractivity contribution in [3.63, 3.8) is 0 Å². The van der Waals surface area contributed by atoms with Crippen LogP contribution >= 0.6 is 0 Å². The van der Waals surface area contributed by atoms with Gasteiger partial charge in [-0.05, 0) is 26.2 Å². The SMILES string of the molecule is CCC(C)(CN)OCC(=O)N1CCCC1. The van der Waals surface area contributed by atoms with Crippen LogP contribution in [-0.2, 0) is 9.53 Å². The third-order valence-corrected chi connectivity index (χ3v) is 3.18. The molecule has 4 nitrogen and oxygen atoms in total. The maximum Gasteiger partial charge on any atom is 0.248 e. The summed E-state index contributed by atoms with van der Waals surface area (Å²) in [5, 5.41) is 0. The molecule has 0 aromatic carbocycles. The molecule has 0 saturated carbocycles. The number of carbonyl (C=O) groups is 1. The van der Waals surface area contributed by atoms with Crippen LogP contribution in [0.4, 0.5) is 0 Å². The van der Waals surface area contributed by atoms with E-state index in [1.165, 1.54) is 0 Å². The van der Waals surface area contributed by atoms with E-state index in [-0.39, 0.29) is 18.1 Å². The molecule has 1 amide bonds. The number of carbonyl (C=O) groups excluding carboxylic acids is 1. The van der Waals surface area contributed by atoms with Gasteiger partial charge in [-0.15, -0.1) is 0 Å². The average Bonchev–Trinajstić information content (AvgIpc) is 2.79. The first-order valence-corrected chi connectivity index (χ1v) is 5.73. The van der Waals surface area contributed by atoms with Crippen LogP contribution in [0.5, 0.6) is 0 Å². The predicted molar refractivity (Wildman–Crippen MR) is 59.5 cm³/mol. The molecule has 0 aliphatic carbocycles. The monoisotopic (exact) mass is 214 g/mol. The van der Waals surface area contributed by atoms with Crippen molar-refractivity contribution >= 4 is 5.91 Å². The third kappa shape index (κ3) is 3.47. The maximum absolute atomic E-state index is 11.7. The standard InChI is InChI=1S/C11H22N2O2/c1-3-11(2,9-12)15-8-10(14)13-6-4-5-7-13/h3-9,12H2,1-2H3. The Morgan fingerprint density at radius 3 is 2.53 bits per heavy atom. The molecule has 4 heteroatoms. The molecule has 88 valence electrons. The lowest BCUT2D eigenvalue weighted by molar-refractivity contribution is -0.141. The van der Waals surface area contributed by atoms with Gasteiger partial charge in [0.05, 0.1) is 5.60 Å². The first-order valence-electron chi connectivity index (χ1n) is 5.73. The van der Waals surface area contributed by atoms with Crippen molar-refractivity contribution < 1.29 is 9.53 Å². The second-order valence-corrected chi connectivity index (χ2v) is 4.38. The molecule has 0 aromatic rings. The average molecular weight is 214 g/mol. The molecule has 0 spiro atoms. The lowest BCUT2D eigenvalue weighted by Crippen LogP contribution is -2.41. The number of nitrogens with two attached hydrogens (primary N) is 1. The van der Waals surface area contributed by atoms with Crippen molar-refractivity contribution in [3.05, 3.63) is 0 Å². The van der Waals surface area contributed by atoms with Crippen LogP contribution in [0, 0.1) is 0 Å². The summed E-state index contributed by atoms with van der Waals surface area (Å²) in [4.78, 5) is 13.6. The van der Waals surface area contributed by atoms with Crippen molar-refractivity contribution in [2.24, 2.45) is 5.73 Å². The number of rotatable bonds is 5. The van der Waals surface area contributed by atoms with Gasteiger partial charge in [-0.3, -0.25) is 4.79 Å².